The van der Waals surface area contributed by atoms with Gasteiger partial charge in [0.2, 0.25) is 0 Å². The molecule has 12 heteroatoms. The smallest absolute Gasteiger partial charge is 0.352 e. The van der Waals surface area contributed by atoms with Crippen molar-refractivity contribution in [1.29, 1.82) is 0 Å². The highest BCUT2D eigenvalue weighted by Crippen LogP contribution is 2.35. The number of alkyl halides is 3. The number of amides is 1. The fourth-order valence-corrected chi connectivity index (χ4v) is 4.02. The lowest BCUT2D eigenvalue weighted by atomic mass is 10.1. The number of hydrogen-bond donors (Lipinski definition) is 0. The monoisotopic (exact) mass is 487 g/mol. The quantitative estimate of drug-likeness (QED) is 0.502. The first-order valence-corrected chi connectivity index (χ1v) is 10.2. The number of aromatic nitrogens is 3. The van der Waals surface area contributed by atoms with Gasteiger partial charge in [0, 0.05) is 32.4 Å². The van der Waals surface area contributed by atoms with Gasteiger partial charge in [-0.15, -0.1) is 0 Å². The van der Waals surface area contributed by atoms with Gasteiger partial charge in [0.05, 0.1) is 21.8 Å². The Kier molecular flexibility index (Phi) is 6.00. The Morgan fingerprint density at radius 1 is 1.03 bits per heavy atom. The van der Waals surface area contributed by atoms with Gasteiger partial charge >= 0.3 is 6.18 Å². The van der Waals surface area contributed by atoms with Crippen molar-refractivity contribution in [2.45, 2.75) is 6.18 Å². The van der Waals surface area contributed by atoms with Crippen molar-refractivity contribution in [3.63, 3.8) is 0 Å². The first kappa shape index (κ1) is 22.3. The number of halogens is 6. The molecular weight excluding hydrogens is 473 g/mol. The predicted octanol–water partition coefficient (Wildman–Crippen LogP) is 4.69. The number of carbonyl (C=O) groups excluding carboxylic acids is 1. The largest absolute Gasteiger partial charge is 0.434 e. The van der Waals surface area contributed by atoms with E-state index in [-0.39, 0.29) is 13.1 Å². The Hall–Kier alpha value is -2.85. The fraction of sp³-hybridized carbons (Fsp3) is 0.250. The second-order valence-corrected chi connectivity index (χ2v) is 7.85. The summed E-state index contributed by atoms with van der Waals surface area (Å²) in [6.07, 6.45) is -2.67. The molecule has 4 rings (SSSR count). The van der Waals surface area contributed by atoms with Crippen LogP contribution in [0, 0.1) is 5.82 Å². The summed E-state index contributed by atoms with van der Waals surface area (Å²) in [4.78, 5) is 20.2. The van der Waals surface area contributed by atoms with E-state index < -0.39 is 34.8 Å². The zero-order chi connectivity index (χ0) is 23.0. The topological polar surface area (TPSA) is 54.3 Å². The maximum atomic E-state index is 14.1. The fourth-order valence-electron chi connectivity index (χ4n) is 3.52. The highest BCUT2D eigenvalue weighted by atomic mass is 35.5. The number of para-hydroxylation sites is 1. The molecule has 2 aromatic heterocycles. The number of piperazine rings is 1. The summed E-state index contributed by atoms with van der Waals surface area (Å²) in [7, 11) is 0. The molecule has 1 amide bonds. The Labute approximate surface area is 190 Å². The summed E-state index contributed by atoms with van der Waals surface area (Å²) in [6.45, 7) is 0.898. The average molecular weight is 488 g/mol. The number of rotatable bonds is 3. The Bertz CT molecular complexity index is 1160. The van der Waals surface area contributed by atoms with Crippen molar-refractivity contribution >= 4 is 34.9 Å². The minimum atomic E-state index is -4.92. The van der Waals surface area contributed by atoms with E-state index in [1.165, 1.54) is 29.3 Å². The number of carbonyl (C=O) groups is 1. The lowest BCUT2D eigenvalue weighted by Gasteiger charge is -2.35. The summed E-state index contributed by atoms with van der Waals surface area (Å²) in [5.41, 5.74) is -2.36. The summed E-state index contributed by atoms with van der Waals surface area (Å²) in [6, 6.07) is 6.46. The van der Waals surface area contributed by atoms with E-state index >= 15 is 0 Å². The lowest BCUT2D eigenvalue weighted by molar-refractivity contribution is -0.143. The molecule has 0 N–H and O–H groups in total. The molecule has 0 spiro atoms. The molecule has 168 valence electrons. The molecule has 1 fully saturated rings. The highest BCUT2D eigenvalue weighted by Gasteiger charge is 2.42. The van der Waals surface area contributed by atoms with Crippen molar-refractivity contribution in [3.05, 3.63) is 69.8 Å². The molecule has 3 aromatic rings. The van der Waals surface area contributed by atoms with Crippen LogP contribution in [0.1, 0.15) is 16.1 Å². The van der Waals surface area contributed by atoms with E-state index in [2.05, 4.69) is 10.1 Å². The number of anilines is 1. The first-order valence-electron chi connectivity index (χ1n) is 9.42. The summed E-state index contributed by atoms with van der Waals surface area (Å²) < 4.78 is 56.1. The van der Waals surface area contributed by atoms with Crippen LogP contribution >= 0.6 is 23.2 Å². The Balaban J connectivity index is 1.59. The third-order valence-corrected chi connectivity index (χ3v) is 5.49. The van der Waals surface area contributed by atoms with Gasteiger partial charge in [-0.2, -0.15) is 18.3 Å². The summed E-state index contributed by atoms with van der Waals surface area (Å²) in [5, 5.41) is 4.38. The van der Waals surface area contributed by atoms with Crippen LogP contribution in [-0.4, -0.2) is 51.8 Å². The maximum Gasteiger partial charge on any atom is 0.434 e. The van der Waals surface area contributed by atoms with E-state index in [0.717, 1.165) is 18.3 Å². The van der Waals surface area contributed by atoms with Gasteiger partial charge in [0.1, 0.15) is 17.3 Å². The van der Waals surface area contributed by atoms with E-state index in [1.807, 2.05) is 4.90 Å². The molecule has 0 aliphatic carbocycles. The summed E-state index contributed by atoms with van der Waals surface area (Å²) >= 11 is 12.0. The van der Waals surface area contributed by atoms with Crippen molar-refractivity contribution in [2.75, 3.05) is 31.1 Å². The third-order valence-electron chi connectivity index (χ3n) is 5.00. The van der Waals surface area contributed by atoms with Crippen molar-refractivity contribution < 1.29 is 22.4 Å². The molecular formula is C20H15Cl2F4N5O. The van der Waals surface area contributed by atoms with Crippen LogP contribution in [0.3, 0.4) is 0 Å². The Morgan fingerprint density at radius 2 is 1.72 bits per heavy atom. The number of nitrogens with zero attached hydrogens (tertiary/aromatic N) is 5. The maximum absolute atomic E-state index is 14.1. The third kappa shape index (κ3) is 4.24. The van der Waals surface area contributed by atoms with E-state index in [0.29, 0.717) is 33.6 Å². The second kappa shape index (κ2) is 8.59. The van der Waals surface area contributed by atoms with Gasteiger partial charge in [0.25, 0.3) is 5.91 Å². The van der Waals surface area contributed by atoms with E-state index in [9.17, 15) is 22.4 Å². The normalized spacial score (nSPS) is 14.7. The second-order valence-electron chi connectivity index (χ2n) is 7.01. The molecule has 0 unspecified atom stereocenters. The molecule has 1 saturated heterocycles. The van der Waals surface area contributed by atoms with E-state index in [1.54, 1.807) is 0 Å². The molecule has 1 aromatic carbocycles. The molecule has 1 aliphatic heterocycles. The first-order chi connectivity index (χ1) is 15.2. The van der Waals surface area contributed by atoms with Gasteiger partial charge in [-0.05, 0) is 18.2 Å². The molecule has 0 radical (unpaired) electrons. The summed E-state index contributed by atoms with van der Waals surface area (Å²) in [5.74, 6) is -1.25. The van der Waals surface area contributed by atoms with Gasteiger partial charge in [-0.1, -0.05) is 35.3 Å². The van der Waals surface area contributed by atoms with Gasteiger partial charge in [-0.3, -0.25) is 4.79 Å². The molecule has 0 saturated carbocycles. The van der Waals surface area contributed by atoms with Crippen LogP contribution in [0.2, 0.25) is 10.0 Å². The molecule has 6 nitrogen and oxygen atoms in total. The molecule has 1 aliphatic rings. The molecule has 32 heavy (non-hydrogen) atoms. The van der Waals surface area contributed by atoms with Crippen LogP contribution in [0.25, 0.3) is 5.69 Å². The molecule has 0 atom stereocenters. The van der Waals surface area contributed by atoms with Crippen LogP contribution in [0.15, 0.2) is 42.7 Å². The standard InChI is InChI=1S/C20H15Cl2F4N5O/c21-12-9-14(22)18(27-10-12)29-5-7-30(8-6-29)19(32)13-11-28-31(17(13)20(24,25)26)16-4-2-1-3-15(16)23/h1-4,9-11H,5-8H2. The van der Waals surface area contributed by atoms with Gasteiger partial charge in [0.15, 0.2) is 5.69 Å². The van der Waals surface area contributed by atoms with Crippen molar-refractivity contribution in [2.24, 2.45) is 0 Å². The van der Waals surface area contributed by atoms with Crippen LogP contribution in [0.4, 0.5) is 23.4 Å². The van der Waals surface area contributed by atoms with Crippen LogP contribution in [0.5, 0.6) is 0 Å². The van der Waals surface area contributed by atoms with Crippen molar-refractivity contribution in [1.82, 2.24) is 19.7 Å². The van der Waals surface area contributed by atoms with Crippen molar-refractivity contribution in [3.8, 4) is 5.69 Å². The van der Waals surface area contributed by atoms with Crippen LogP contribution in [-0.2, 0) is 6.18 Å². The van der Waals surface area contributed by atoms with Crippen LogP contribution < -0.4 is 4.90 Å². The van der Waals surface area contributed by atoms with E-state index in [4.69, 9.17) is 23.2 Å². The Morgan fingerprint density at radius 3 is 2.34 bits per heavy atom. The number of pyridine rings is 1. The number of hydrogen-bond acceptors (Lipinski definition) is 4. The SMILES string of the molecule is O=C(c1cnn(-c2ccccc2F)c1C(F)(F)F)N1CCN(c2ncc(Cl)cc2Cl)CC1. The zero-order valence-corrected chi connectivity index (χ0v) is 17.8. The minimum absolute atomic E-state index is 0.141. The lowest BCUT2D eigenvalue weighted by Crippen LogP contribution is -2.49. The molecule has 0 bridgehead atoms. The number of benzene rings is 1. The molecule has 3 heterocycles. The average Bonchev–Trinajstić information content (AvgIpc) is 3.19. The van der Waals surface area contributed by atoms with Gasteiger partial charge < -0.3 is 9.80 Å². The van der Waals surface area contributed by atoms with Gasteiger partial charge in [-0.25, -0.2) is 14.1 Å². The zero-order valence-electron chi connectivity index (χ0n) is 16.3. The minimum Gasteiger partial charge on any atom is -0.352 e. The predicted molar refractivity (Wildman–Crippen MR) is 111 cm³/mol. The highest BCUT2D eigenvalue weighted by molar-refractivity contribution is 6.36.